The van der Waals surface area contributed by atoms with Gasteiger partial charge in [-0.15, -0.1) is 11.3 Å². The molecule has 1 fully saturated rings. The molecule has 0 saturated carbocycles. The first-order chi connectivity index (χ1) is 9.49. The fourth-order valence-electron chi connectivity index (χ4n) is 2.56. The van der Waals surface area contributed by atoms with Crippen LogP contribution in [0.4, 0.5) is 13.2 Å². The molecule has 114 valence electrons. The quantitative estimate of drug-likeness (QED) is 0.894. The van der Waals surface area contributed by atoms with E-state index in [2.05, 4.69) is 17.1 Å². The Labute approximate surface area is 122 Å². The van der Waals surface area contributed by atoms with Crippen molar-refractivity contribution in [1.82, 2.24) is 10.2 Å². The Morgan fingerprint density at radius 1 is 1.30 bits per heavy atom. The zero-order chi connectivity index (χ0) is 14.6. The van der Waals surface area contributed by atoms with E-state index in [9.17, 15) is 13.2 Å². The van der Waals surface area contributed by atoms with E-state index in [-0.39, 0.29) is 12.5 Å². The molecule has 0 aliphatic carbocycles. The van der Waals surface area contributed by atoms with E-state index in [4.69, 9.17) is 0 Å². The summed E-state index contributed by atoms with van der Waals surface area (Å²) < 4.78 is 37.6. The minimum absolute atomic E-state index is 0.0935. The van der Waals surface area contributed by atoms with Crippen molar-refractivity contribution in [2.45, 2.75) is 38.4 Å². The van der Waals surface area contributed by atoms with Crippen LogP contribution in [0.3, 0.4) is 0 Å². The van der Waals surface area contributed by atoms with Crippen LogP contribution in [0.25, 0.3) is 0 Å². The van der Waals surface area contributed by atoms with Crippen LogP contribution >= 0.6 is 11.3 Å². The number of thiophene rings is 1. The van der Waals surface area contributed by atoms with Gasteiger partial charge >= 0.3 is 6.18 Å². The monoisotopic (exact) mass is 306 g/mol. The first kappa shape index (κ1) is 15.8. The number of nitrogens with one attached hydrogen (secondary N) is 1. The normalized spacial score (nSPS) is 19.2. The number of aryl methyl sites for hydroxylation is 1. The van der Waals surface area contributed by atoms with E-state index < -0.39 is 12.6 Å². The first-order valence-corrected chi connectivity index (χ1v) is 7.91. The average molecular weight is 306 g/mol. The zero-order valence-electron chi connectivity index (χ0n) is 11.7. The van der Waals surface area contributed by atoms with Gasteiger partial charge in [0.25, 0.3) is 0 Å². The molecule has 1 aliphatic heterocycles. The minimum atomic E-state index is -4.07. The maximum atomic E-state index is 12.5. The Hall–Kier alpha value is -0.590. The van der Waals surface area contributed by atoms with E-state index in [1.54, 1.807) is 11.3 Å². The fourth-order valence-corrected chi connectivity index (χ4v) is 3.68. The first-order valence-electron chi connectivity index (χ1n) is 7.09. The molecule has 20 heavy (non-hydrogen) atoms. The van der Waals surface area contributed by atoms with Crippen LogP contribution in [0.5, 0.6) is 0 Å². The Morgan fingerprint density at radius 3 is 2.55 bits per heavy atom. The van der Waals surface area contributed by atoms with Gasteiger partial charge in [-0.2, -0.15) is 13.2 Å². The molecule has 2 heterocycles. The summed E-state index contributed by atoms with van der Waals surface area (Å²) in [5.74, 6) is 0. The van der Waals surface area contributed by atoms with Crippen molar-refractivity contribution in [2.24, 2.45) is 0 Å². The highest BCUT2D eigenvalue weighted by Crippen LogP contribution is 2.35. The van der Waals surface area contributed by atoms with Gasteiger partial charge in [0.1, 0.15) is 0 Å². The molecule has 0 unspecified atom stereocenters. The van der Waals surface area contributed by atoms with Crippen LogP contribution in [-0.4, -0.2) is 37.3 Å². The van der Waals surface area contributed by atoms with Gasteiger partial charge in [0.05, 0.1) is 0 Å². The van der Waals surface area contributed by atoms with Crippen molar-refractivity contribution in [3.8, 4) is 0 Å². The standard InChI is InChI=1S/C14H21F3N2S/c1-2-11-3-4-13(20-11)12(5-6-14(15,16)17)19-9-7-18-8-10-19/h3-4,12,18H,2,5-10H2,1H3/t12-/m0/s1. The molecule has 0 radical (unpaired) electrons. The summed E-state index contributed by atoms with van der Waals surface area (Å²) in [6.07, 6.45) is -3.68. The third kappa shape index (κ3) is 4.46. The Bertz CT molecular complexity index is 411. The van der Waals surface area contributed by atoms with Crippen LogP contribution in [0.15, 0.2) is 12.1 Å². The summed E-state index contributed by atoms with van der Waals surface area (Å²) in [5.41, 5.74) is 0. The largest absolute Gasteiger partial charge is 0.389 e. The van der Waals surface area contributed by atoms with E-state index in [1.165, 1.54) is 4.88 Å². The van der Waals surface area contributed by atoms with Gasteiger partial charge in [0, 0.05) is 48.4 Å². The van der Waals surface area contributed by atoms with Crippen LogP contribution in [0, 0.1) is 0 Å². The molecule has 2 rings (SSSR count). The molecule has 1 saturated heterocycles. The Morgan fingerprint density at radius 2 is 2.00 bits per heavy atom. The molecule has 6 heteroatoms. The van der Waals surface area contributed by atoms with E-state index >= 15 is 0 Å². The topological polar surface area (TPSA) is 15.3 Å². The molecule has 1 aromatic rings. The highest BCUT2D eigenvalue weighted by molar-refractivity contribution is 7.12. The third-order valence-corrected chi connectivity index (χ3v) is 4.98. The maximum Gasteiger partial charge on any atom is 0.389 e. The van der Waals surface area contributed by atoms with Crippen LogP contribution in [0.2, 0.25) is 0 Å². The molecule has 1 atom stereocenters. The molecular weight excluding hydrogens is 285 g/mol. The Balaban J connectivity index is 2.09. The van der Waals surface area contributed by atoms with Gasteiger partial charge in [-0.05, 0) is 25.0 Å². The smallest absolute Gasteiger partial charge is 0.314 e. The zero-order valence-corrected chi connectivity index (χ0v) is 12.5. The van der Waals surface area contributed by atoms with Gasteiger partial charge in [0.15, 0.2) is 0 Å². The second-order valence-electron chi connectivity index (χ2n) is 5.11. The van der Waals surface area contributed by atoms with E-state index in [0.29, 0.717) is 0 Å². The molecular formula is C14H21F3N2S. The second kappa shape index (κ2) is 6.91. The van der Waals surface area contributed by atoms with Crippen LogP contribution in [-0.2, 0) is 6.42 Å². The number of rotatable bonds is 5. The average Bonchev–Trinajstić information content (AvgIpc) is 2.88. The van der Waals surface area contributed by atoms with Gasteiger partial charge in [0.2, 0.25) is 0 Å². The lowest BCUT2D eigenvalue weighted by Gasteiger charge is -2.34. The number of halogens is 3. The number of alkyl halides is 3. The molecule has 1 aliphatic rings. The summed E-state index contributed by atoms with van der Waals surface area (Å²) >= 11 is 1.66. The predicted octanol–water partition coefficient (Wildman–Crippen LogP) is 3.60. The van der Waals surface area contributed by atoms with Crippen molar-refractivity contribution in [2.75, 3.05) is 26.2 Å². The number of hydrogen-bond acceptors (Lipinski definition) is 3. The summed E-state index contributed by atoms with van der Waals surface area (Å²) in [5, 5.41) is 3.25. The molecule has 2 nitrogen and oxygen atoms in total. The molecule has 1 N–H and O–H groups in total. The molecule has 1 aromatic heterocycles. The van der Waals surface area contributed by atoms with Crippen molar-refractivity contribution in [3.05, 3.63) is 21.9 Å². The van der Waals surface area contributed by atoms with Gasteiger partial charge in [-0.3, -0.25) is 4.90 Å². The highest BCUT2D eigenvalue weighted by Gasteiger charge is 2.31. The fraction of sp³-hybridized carbons (Fsp3) is 0.714. The maximum absolute atomic E-state index is 12.5. The highest BCUT2D eigenvalue weighted by atomic mass is 32.1. The minimum Gasteiger partial charge on any atom is -0.314 e. The number of hydrogen-bond donors (Lipinski definition) is 1. The van der Waals surface area contributed by atoms with Gasteiger partial charge in [-0.25, -0.2) is 0 Å². The lowest BCUT2D eigenvalue weighted by molar-refractivity contribution is -0.138. The van der Waals surface area contributed by atoms with E-state index in [1.807, 2.05) is 12.1 Å². The van der Waals surface area contributed by atoms with Crippen LogP contribution in [0.1, 0.15) is 35.6 Å². The van der Waals surface area contributed by atoms with Crippen molar-refractivity contribution in [1.29, 1.82) is 0 Å². The predicted molar refractivity (Wildman–Crippen MR) is 76.2 cm³/mol. The second-order valence-corrected chi connectivity index (χ2v) is 6.31. The molecule has 0 aromatic carbocycles. The summed E-state index contributed by atoms with van der Waals surface area (Å²) in [6, 6.07) is 3.96. The summed E-state index contributed by atoms with van der Waals surface area (Å²) in [4.78, 5) is 4.51. The molecule has 0 bridgehead atoms. The lowest BCUT2D eigenvalue weighted by atomic mass is 10.1. The molecule has 0 amide bonds. The van der Waals surface area contributed by atoms with Crippen molar-refractivity contribution in [3.63, 3.8) is 0 Å². The summed E-state index contributed by atoms with van der Waals surface area (Å²) in [6.45, 7) is 5.43. The summed E-state index contributed by atoms with van der Waals surface area (Å²) in [7, 11) is 0. The lowest BCUT2D eigenvalue weighted by Crippen LogP contribution is -2.45. The van der Waals surface area contributed by atoms with Gasteiger partial charge < -0.3 is 5.32 Å². The van der Waals surface area contributed by atoms with Crippen molar-refractivity contribution >= 4 is 11.3 Å². The number of nitrogens with zero attached hydrogens (tertiary/aromatic N) is 1. The third-order valence-electron chi connectivity index (χ3n) is 3.65. The SMILES string of the molecule is CCc1ccc([C@H](CCC(F)(F)F)N2CCNCC2)s1. The van der Waals surface area contributed by atoms with Gasteiger partial charge in [-0.1, -0.05) is 6.92 Å². The number of piperazine rings is 1. The Kier molecular flexibility index (Phi) is 5.46. The molecule has 0 spiro atoms. The van der Waals surface area contributed by atoms with E-state index in [0.717, 1.165) is 37.5 Å². The van der Waals surface area contributed by atoms with Crippen molar-refractivity contribution < 1.29 is 13.2 Å². The van der Waals surface area contributed by atoms with Crippen LogP contribution < -0.4 is 5.32 Å².